The Morgan fingerprint density at radius 3 is 2.19 bits per heavy atom. The van der Waals surface area contributed by atoms with Crippen LogP contribution >= 0.6 is 0 Å². The van der Waals surface area contributed by atoms with E-state index in [9.17, 15) is 18.3 Å². The Balaban J connectivity index is 3.27. The zero-order valence-electron chi connectivity index (χ0n) is 12.9. The van der Waals surface area contributed by atoms with Crippen molar-refractivity contribution < 1.29 is 18.3 Å². The minimum absolute atomic E-state index is 0.0702. The summed E-state index contributed by atoms with van der Waals surface area (Å²) in [5, 5.41) is 10.0. The van der Waals surface area contributed by atoms with Crippen molar-refractivity contribution in [1.82, 2.24) is 4.72 Å². The fourth-order valence-corrected chi connectivity index (χ4v) is 3.11. The third kappa shape index (κ3) is 3.81. The minimum Gasteiger partial charge on any atom is -0.389 e. The molecule has 0 aliphatic rings. The monoisotopic (exact) mass is 314 g/mol. The molecule has 118 valence electrons. The first-order chi connectivity index (χ1) is 9.28. The first-order valence-electron chi connectivity index (χ1n) is 6.45. The predicted molar refractivity (Wildman–Crippen MR) is 80.4 cm³/mol. The number of amides is 1. The van der Waals surface area contributed by atoms with E-state index in [1.807, 2.05) is 0 Å². The van der Waals surface area contributed by atoms with E-state index in [-0.39, 0.29) is 10.5 Å². The van der Waals surface area contributed by atoms with E-state index >= 15 is 0 Å². The molecule has 7 heteroatoms. The van der Waals surface area contributed by atoms with Crippen LogP contribution in [0.15, 0.2) is 23.1 Å². The summed E-state index contributed by atoms with van der Waals surface area (Å²) in [6, 6.07) is 4.15. The van der Waals surface area contributed by atoms with Crippen LogP contribution in [0.2, 0.25) is 0 Å². The van der Waals surface area contributed by atoms with Gasteiger partial charge >= 0.3 is 0 Å². The van der Waals surface area contributed by atoms with Crippen LogP contribution in [0.3, 0.4) is 0 Å². The van der Waals surface area contributed by atoms with E-state index in [0.717, 1.165) is 0 Å². The number of nitrogens with two attached hydrogens (primary N) is 1. The van der Waals surface area contributed by atoms with Crippen molar-refractivity contribution in [3.63, 3.8) is 0 Å². The lowest BCUT2D eigenvalue weighted by molar-refractivity contribution is 0.00638. The van der Waals surface area contributed by atoms with Crippen molar-refractivity contribution in [1.29, 1.82) is 0 Å². The van der Waals surface area contributed by atoms with Crippen molar-refractivity contribution in [3.05, 3.63) is 29.3 Å². The molecule has 0 bridgehead atoms. The Bertz CT molecular complexity index is 658. The molecule has 1 aromatic rings. The molecule has 1 amide bonds. The van der Waals surface area contributed by atoms with Crippen molar-refractivity contribution in [3.8, 4) is 0 Å². The lowest BCUT2D eigenvalue weighted by Gasteiger charge is -2.37. The first-order valence-corrected chi connectivity index (χ1v) is 7.93. The van der Waals surface area contributed by atoms with Crippen LogP contribution in [0.1, 0.15) is 43.6 Å². The molecule has 4 N–H and O–H groups in total. The SMILES string of the molecule is Cc1ccc(S(=O)(=O)NC(C)(C)C(C)(C)O)cc1C(N)=O. The number of hydrogen-bond donors (Lipinski definition) is 3. The lowest BCUT2D eigenvalue weighted by Crippen LogP contribution is -2.57. The van der Waals surface area contributed by atoms with Crippen LogP contribution in [0, 0.1) is 6.92 Å². The van der Waals surface area contributed by atoms with Gasteiger partial charge in [0.2, 0.25) is 15.9 Å². The van der Waals surface area contributed by atoms with Gasteiger partial charge in [0.25, 0.3) is 0 Å². The number of rotatable bonds is 5. The second kappa shape index (κ2) is 5.40. The quantitative estimate of drug-likeness (QED) is 0.750. The zero-order chi connectivity index (χ0) is 16.6. The molecule has 0 aromatic heterocycles. The van der Waals surface area contributed by atoms with Gasteiger partial charge in [-0.15, -0.1) is 0 Å². The molecule has 21 heavy (non-hydrogen) atoms. The highest BCUT2D eigenvalue weighted by atomic mass is 32.2. The van der Waals surface area contributed by atoms with Gasteiger partial charge in [-0.05, 0) is 52.3 Å². The molecule has 0 aliphatic carbocycles. The van der Waals surface area contributed by atoms with Crippen molar-refractivity contribution >= 4 is 15.9 Å². The fraction of sp³-hybridized carbons (Fsp3) is 0.500. The Morgan fingerprint density at radius 1 is 1.24 bits per heavy atom. The van der Waals surface area contributed by atoms with Gasteiger partial charge in [-0.3, -0.25) is 4.79 Å². The number of benzene rings is 1. The molecule has 0 radical (unpaired) electrons. The maximum absolute atomic E-state index is 12.4. The average molecular weight is 314 g/mol. The van der Waals surface area contributed by atoms with E-state index in [0.29, 0.717) is 5.56 Å². The van der Waals surface area contributed by atoms with Crippen LogP contribution in [-0.4, -0.2) is 30.6 Å². The Morgan fingerprint density at radius 2 is 1.76 bits per heavy atom. The Kier molecular flexibility index (Phi) is 4.53. The number of nitrogens with one attached hydrogen (secondary N) is 1. The standard InChI is InChI=1S/C14H22N2O4S/c1-9-6-7-10(8-11(9)12(15)17)21(19,20)16-13(2,3)14(4,5)18/h6-8,16,18H,1-5H3,(H2,15,17). The first kappa shape index (κ1) is 17.6. The summed E-state index contributed by atoms with van der Waals surface area (Å²) in [6.07, 6.45) is 0. The van der Waals surface area contributed by atoms with Gasteiger partial charge in [-0.2, -0.15) is 0 Å². The largest absolute Gasteiger partial charge is 0.389 e. The zero-order valence-corrected chi connectivity index (χ0v) is 13.7. The Hall–Kier alpha value is -1.44. The number of aryl methyl sites for hydroxylation is 1. The highest BCUT2D eigenvalue weighted by Gasteiger charge is 2.38. The molecule has 1 rings (SSSR count). The number of carbonyl (C=O) groups excluding carboxylic acids is 1. The van der Waals surface area contributed by atoms with E-state index in [4.69, 9.17) is 5.73 Å². The van der Waals surface area contributed by atoms with Crippen molar-refractivity contribution in [2.45, 2.75) is 50.7 Å². The molecule has 0 fully saturated rings. The molecule has 0 spiro atoms. The van der Waals surface area contributed by atoms with Crippen LogP contribution in [0.25, 0.3) is 0 Å². The van der Waals surface area contributed by atoms with Gasteiger partial charge < -0.3 is 10.8 Å². The van der Waals surface area contributed by atoms with Crippen LogP contribution in [-0.2, 0) is 10.0 Å². The van der Waals surface area contributed by atoms with E-state index in [2.05, 4.69) is 4.72 Å². The molecule has 0 unspecified atom stereocenters. The second-order valence-electron chi connectivity index (χ2n) is 6.13. The van der Waals surface area contributed by atoms with Gasteiger partial charge in [-0.1, -0.05) is 6.07 Å². The lowest BCUT2D eigenvalue weighted by atomic mass is 9.87. The van der Waals surface area contributed by atoms with Crippen LogP contribution in [0.4, 0.5) is 0 Å². The summed E-state index contributed by atoms with van der Waals surface area (Å²) >= 11 is 0. The maximum Gasteiger partial charge on any atom is 0.249 e. The molecule has 6 nitrogen and oxygen atoms in total. The smallest absolute Gasteiger partial charge is 0.249 e. The van der Waals surface area contributed by atoms with E-state index in [1.165, 1.54) is 32.0 Å². The summed E-state index contributed by atoms with van der Waals surface area (Å²) in [6.45, 7) is 7.85. The summed E-state index contributed by atoms with van der Waals surface area (Å²) < 4.78 is 27.3. The third-order valence-electron chi connectivity index (χ3n) is 3.70. The van der Waals surface area contributed by atoms with E-state index in [1.54, 1.807) is 20.8 Å². The number of sulfonamides is 1. The number of carbonyl (C=O) groups is 1. The highest BCUT2D eigenvalue weighted by Crippen LogP contribution is 2.24. The van der Waals surface area contributed by atoms with Crippen molar-refractivity contribution in [2.24, 2.45) is 5.73 Å². The summed E-state index contributed by atoms with van der Waals surface area (Å²) in [4.78, 5) is 11.2. The van der Waals surface area contributed by atoms with Crippen molar-refractivity contribution in [2.75, 3.05) is 0 Å². The van der Waals surface area contributed by atoms with Gasteiger partial charge in [0.15, 0.2) is 0 Å². The molecular weight excluding hydrogens is 292 g/mol. The minimum atomic E-state index is -3.89. The number of aliphatic hydroxyl groups is 1. The molecule has 0 aliphatic heterocycles. The molecule has 1 aromatic carbocycles. The third-order valence-corrected chi connectivity index (χ3v) is 5.36. The molecule has 0 atom stereocenters. The number of hydrogen-bond acceptors (Lipinski definition) is 4. The highest BCUT2D eigenvalue weighted by molar-refractivity contribution is 7.89. The summed E-state index contributed by atoms with van der Waals surface area (Å²) in [7, 11) is -3.89. The maximum atomic E-state index is 12.4. The van der Waals surface area contributed by atoms with Gasteiger partial charge in [-0.25, -0.2) is 13.1 Å². The van der Waals surface area contributed by atoms with E-state index < -0.39 is 27.1 Å². The Labute approximate surface area is 125 Å². The van der Waals surface area contributed by atoms with Gasteiger partial charge in [0.1, 0.15) is 0 Å². The summed E-state index contributed by atoms with van der Waals surface area (Å²) in [5.74, 6) is -0.689. The summed E-state index contributed by atoms with van der Waals surface area (Å²) in [5.41, 5.74) is 3.62. The fourth-order valence-electron chi connectivity index (χ4n) is 1.55. The second-order valence-corrected chi connectivity index (χ2v) is 7.81. The normalized spacial score (nSPS) is 13.2. The topological polar surface area (TPSA) is 109 Å². The number of primary amides is 1. The molecule has 0 saturated carbocycles. The average Bonchev–Trinajstić information content (AvgIpc) is 2.25. The van der Waals surface area contributed by atoms with Gasteiger partial charge in [0, 0.05) is 5.56 Å². The van der Waals surface area contributed by atoms with Gasteiger partial charge in [0.05, 0.1) is 16.0 Å². The molecule has 0 saturated heterocycles. The molecular formula is C14H22N2O4S. The molecule has 0 heterocycles. The van der Waals surface area contributed by atoms with Crippen LogP contribution < -0.4 is 10.5 Å². The predicted octanol–water partition coefficient (Wildman–Crippen LogP) is 0.922. The van der Waals surface area contributed by atoms with Crippen LogP contribution in [0.5, 0.6) is 0 Å².